The topological polar surface area (TPSA) is 37.8 Å². The summed E-state index contributed by atoms with van der Waals surface area (Å²) in [4.78, 5) is 9.20. The van der Waals surface area contributed by atoms with Gasteiger partial charge in [0, 0.05) is 17.8 Å². The minimum absolute atomic E-state index is 0.430. The van der Waals surface area contributed by atoms with Crippen molar-refractivity contribution in [1.29, 1.82) is 0 Å². The van der Waals surface area contributed by atoms with Crippen LogP contribution in [0.2, 0.25) is 0 Å². The zero-order chi connectivity index (χ0) is 13.0. The van der Waals surface area contributed by atoms with Gasteiger partial charge in [0.25, 0.3) is 0 Å². The van der Waals surface area contributed by atoms with Crippen LogP contribution in [0, 0.1) is 5.92 Å². The van der Waals surface area contributed by atoms with Gasteiger partial charge in [-0.25, -0.2) is 9.97 Å². The Bertz CT molecular complexity index is 387. The molecule has 2 rings (SSSR count). The highest BCUT2D eigenvalue weighted by atomic mass is 14.9. The smallest absolute Gasteiger partial charge is 0.131 e. The fourth-order valence-electron chi connectivity index (χ4n) is 2.53. The maximum atomic E-state index is 4.71. The molecule has 0 bridgehead atoms. The molecule has 1 unspecified atom stereocenters. The largest absolute Gasteiger partial charge is 0.316 e. The lowest BCUT2D eigenvalue weighted by Crippen LogP contribution is -2.28. The molecule has 1 atom stereocenters. The highest BCUT2D eigenvalue weighted by Gasteiger charge is 2.20. The van der Waals surface area contributed by atoms with Crippen LogP contribution < -0.4 is 5.32 Å². The van der Waals surface area contributed by atoms with Crippen LogP contribution in [-0.4, -0.2) is 23.1 Å². The van der Waals surface area contributed by atoms with Crippen molar-refractivity contribution >= 4 is 0 Å². The van der Waals surface area contributed by atoms with E-state index in [1.165, 1.54) is 24.1 Å². The van der Waals surface area contributed by atoms with Crippen LogP contribution >= 0.6 is 0 Å². The van der Waals surface area contributed by atoms with Gasteiger partial charge in [0.1, 0.15) is 5.82 Å². The number of hydrogen-bond donors (Lipinski definition) is 1. The van der Waals surface area contributed by atoms with E-state index < -0.39 is 0 Å². The Morgan fingerprint density at radius 3 is 3.00 bits per heavy atom. The minimum atomic E-state index is 0.430. The summed E-state index contributed by atoms with van der Waals surface area (Å²) < 4.78 is 0. The van der Waals surface area contributed by atoms with Crippen molar-refractivity contribution in [3.05, 3.63) is 23.3 Å². The molecule has 0 spiro atoms. The zero-order valence-electron chi connectivity index (χ0n) is 11.9. The second-order valence-electron chi connectivity index (χ2n) is 5.67. The monoisotopic (exact) mass is 247 g/mol. The maximum Gasteiger partial charge on any atom is 0.131 e. The lowest BCUT2D eigenvalue weighted by Gasteiger charge is -2.24. The van der Waals surface area contributed by atoms with E-state index in [0.717, 1.165) is 37.7 Å². The summed E-state index contributed by atoms with van der Waals surface area (Å²) in [6.07, 6.45) is 6.80. The highest BCUT2D eigenvalue weighted by Crippen LogP contribution is 2.24. The fourth-order valence-corrected chi connectivity index (χ4v) is 2.53. The Hall–Kier alpha value is -0.960. The summed E-state index contributed by atoms with van der Waals surface area (Å²) >= 11 is 0. The maximum absolute atomic E-state index is 4.71. The molecule has 1 aromatic rings. The number of fused-ring (bicyclic) bond motifs is 1. The van der Waals surface area contributed by atoms with Crippen molar-refractivity contribution < 1.29 is 0 Å². The van der Waals surface area contributed by atoms with Gasteiger partial charge in [-0.3, -0.25) is 0 Å². The second kappa shape index (κ2) is 6.28. The quantitative estimate of drug-likeness (QED) is 0.813. The van der Waals surface area contributed by atoms with Gasteiger partial charge in [0.2, 0.25) is 0 Å². The summed E-state index contributed by atoms with van der Waals surface area (Å²) in [5, 5.41) is 3.52. The first kappa shape index (κ1) is 13.5. The Kier molecular flexibility index (Phi) is 4.70. The normalized spacial score (nSPS) is 19.0. The van der Waals surface area contributed by atoms with Gasteiger partial charge in [-0.15, -0.1) is 0 Å². The van der Waals surface area contributed by atoms with Crippen molar-refractivity contribution in [1.82, 2.24) is 15.3 Å². The van der Waals surface area contributed by atoms with Gasteiger partial charge in [-0.2, -0.15) is 0 Å². The molecule has 0 saturated heterocycles. The van der Waals surface area contributed by atoms with E-state index in [1.54, 1.807) is 0 Å². The lowest BCUT2D eigenvalue weighted by atomic mass is 9.87. The van der Waals surface area contributed by atoms with Crippen LogP contribution in [0.25, 0.3) is 0 Å². The van der Waals surface area contributed by atoms with Crippen molar-refractivity contribution in [3.8, 4) is 0 Å². The Morgan fingerprint density at radius 2 is 2.28 bits per heavy atom. The molecular weight excluding hydrogens is 222 g/mol. The average Bonchev–Trinajstić information content (AvgIpc) is 2.38. The van der Waals surface area contributed by atoms with Gasteiger partial charge in [-0.1, -0.05) is 20.8 Å². The predicted octanol–water partition coefficient (Wildman–Crippen LogP) is 2.70. The molecule has 100 valence electrons. The van der Waals surface area contributed by atoms with Crippen LogP contribution in [-0.2, 0) is 12.8 Å². The van der Waals surface area contributed by atoms with Gasteiger partial charge in [-0.05, 0) is 50.3 Å². The number of nitrogens with zero attached hydrogens (tertiary/aromatic N) is 2. The average molecular weight is 247 g/mol. The summed E-state index contributed by atoms with van der Waals surface area (Å²) in [5.74, 6) is 2.19. The molecule has 0 saturated carbocycles. The van der Waals surface area contributed by atoms with E-state index in [2.05, 4.69) is 37.3 Å². The van der Waals surface area contributed by atoms with Crippen LogP contribution in [0.3, 0.4) is 0 Å². The van der Waals surface area contributed by atoms with E-state index in [-0.39, 0.29) is 0 Å². The summed E-state index contributed by atoms with van der Waals surface area (Å²) in [6.45, 7) is 8.79. The highest BCUT2D eigenvalue weighted by molar-refractivity contribution is 5.22. The molecule has 0 aliphatic heterocycles. The Labute approximate surface area is 110 Å². The van der Waals surface area contributed by atoms with Crippen LogP contribution in [0.1, 0.15) is 56.6 Å². The van der Waals surface area contributed by atoms with Crippen LogP contribution in [0.4, 0.5) is 0 Å². The van der Waals surface area contributed by atoms with Gasteiger partial charge in [0.05, 0.1) is 0 Å². The molecule has 1 N–H and O–H groups in total. The molecular formula is C15H25N3. The molecule has 3 nitrogen and oxygen atoms in total. The number of hydrogen-bond acceptors (Lipinski definition) is 3. The number of aryl methyl sites for hydroxylation is 1. The minimum Gasteiger partial charge on any atom is -0.316 e. The molecule has 1 heterocycles. The molecule has 1 aromatic heterocycles. The molecule has 1 aliphatic rings. The van der Waals surface area contributed by atoms with E-state index in [9.17, 15) is 0 Å². The lowest BCUT2D eigenvalue weighted by molar-refractivity contribution is 0.419. The molecule has 0 radical (unpaired) electrons. The molecule has 0 amide bonds. The number of nitrogens with one attached hydrogen (secondary N) is 1. The molecule has 3 heteroatoms. The van der Waals surface area contributed by atoms with Gasteiger partial charge >= 0.3 is 0 Å². The van der Waals surface area contributed by atoms with Crippen molar-refractivity contribution in [3.63, 3.8) is 0 Å². The number of rotatable bonds is 5. The van der Waals surface area contributed by atoms with Gasteiger partial charge < -0.3 is 5.32 Å². The van der Waals surface area contributed by atoms with E-state index in [4.69, 9.17) is 4.98 Å². The van der Waals surface area contributed by atoms with Crippen molar-refractivity contribution in [2.24, 2.45) is 5.92 Å². The third-order valence-corrected chi connectivity index (χ3v) is 3.65. The summed E-state index contributed by atoms with van der Waals surface area (Å²) in [5.41, 5.74) is 2.66. The zero-order valence-corrected chi connectivity index (χ0v) is 11.9. The SMILES string of the molecule is CCCNCC1CCc2nc(C(C)C)ncc2C1. The van der Waals surface area contributed by atoms with Gasteiger partial charge in [0.15, 0.2) is 0 Å². The molecule has 18 heavy (non-hydrogen) atoms. The summed E-state index contributed by atoms with van der Waals surface area (Å²) in [7, 11) is 0. The molecule has 0 aromatic carbocycles. The van der Waals surface area contributed by atoms with E-state index >= 15 is 0 Å². The van der Waals surface area contributed by atoms with E-state index in [0.29, 0.717) is 5.92 Å². The first-order valence-electron chi connectivity index (χ1n) is 7.26. The first-order chi connectivity index (χ1) is 8.70. The fraction of sp³-hybridized carbons (Fsp3) is 0.733. The summed E-state index contributed by atoms with van der Waals surface area (Å²) in [6, 6.07) is 0. The predicted molar refractivity (Wildman–Crippen MR) is 74.8 cm³/mol. The van der Waals surface area contributed by atoms with Crippen LogP contribution in [0.15, 0.2) is 6.20 Å². The van der Waals surface area contributed by atoms with Crippen molar-refractivity contribution in [2.45, 2.75) is 52.4 Å². The second-order valence-corrected chi connectivity index (χ2v) is 5.67. The standard InChI is InChI=1S/C15H25N3/c1-4-7-16-9-12-5-6-14-13(8-12)10-17-15(18-14)11(2)3/h10-12,16H,4-9H2,1-3H3. The molecule has 1 aliphatic carbocycles. The van der Waals surface area contributed by atoms with Crippen molar-refractivity contribution in [2.75, 3.05) is 13.1 Å². The van der Waals surface area contributed by atoms with Crippen LogP contribution in [0.5, 0.6) is 0 Å². The Balaban J connectivity index is 1.97. The third kappa shape index (κ3) is 3.29. The first-order valence-corrected chi connectivity index (χ1v) is 7.26. The third-order valence-electron chi connectivity index (χ3n) is 3.65. The van der Waals surface area contributed by atoms with E-state index in [1.807, 2.05) is 0 Å². The Morgan fingerprint density at radius 1 is 1.44 bits per heavy atom. The number of aromatic nitrogens is 2. The molecule has 0 fully saturated rings.